The van der Waals surface area contributed by atoms with Gasteiger partial charge in [0.15, 0.2) is 11.6 Å². The Hall–Kier alpha value is -1.65. The summed E-state index contributed by atoms with van der Waals surface area (Å²) >= 11 is 1.31. The average molecular weight is 347 g/mol. The normalized spacial score (nSPS) is 20.7. The van der Waals surface area contributed by atoms with Crippen LogP contribution in [0.3, 0.4) is 0 Å². The Bertz CT molecular complexity index is 624. The van der Waals surface area contributed by atoms with E-state index in [4.69, 9.17) is 14.6 Å². The van der Waals surface area contributed by atoms with Gasteiger partial charge in [0.25, 0.3) is 0 Å². The lowest BCUT2D eigenvalue weighted by Crippen LogP contribution is -2.31. The molecule has 23 heavy (non-hydrogen) atoms. The molecule has 0 spiro atoms. The van der Waals surface area contributed by atoms with Crippen LogP contribution in [0, 0.1) is 11.7 Å². The molecule has 2 heterocycles. The van der Waals surface area contributed by atoms with E-state index in [0.29, 0.717) is 5.75 Å². The Kier molecular flexibility index (Phi) is 5.97. The van der Waals surface area contributed by atoms with Crippen molar-refractivity contribution in [1.82, 2.24) is 9.55 Å². The quantitative estimate of drug-likeness (QED) is 0.824. The van der Waals surface area contributed by atoms with Crippen LogP contribution in [-0.4, -0.2) is 45.2 Å². The van der Waals surface area contributed by atoms with Crippen molar-refractivity contribution in [1.29, 1.82) is 0 Å². The molecule has 128 valence electrons. The second-order valence-electron chi connectivity index (χ2n) is 5.28. The summed E-state index contributed by atoms with van der Waals surface area (Å²) in [4.78, 5) is 27.0. The third-order valence-electron chi connectivity index (χ3n) is 2.87. The van der Waals surface area contributed by atoms with Gasteiger partial charge in [-0.05, 0) is 5.92 Å². The highest BCUT2D eigenvalue weighted by Gasteiger charge is 2.28. The maximum absolute atomic E-state index is 14.0. The number of carbonyl (C=O) groups is 1. The Morgan fingerprint density at radius 1 is 1.70 bits per heavy atom. The number of hydrogen-bond donors (Lipinski definition) is 2. The number of anilines is 1. The first-order valence-corrected chi connectivity index (χ1v) is 8.06. The fraction of sp³-hybridized carbons (Fsp3) is 0.615. The summed E-state index contributed by atoms with van der Waals surface area (Å²) in [7, 11) is 0. The van der Waals surface area contributed by atoms with Crippen LogP contribution >= 0.6 is 11.8 Å². The van der Waals surface area contributed by atoms with Gasteiger partial charge in [-0.3, -0.25) is 9.88 Å². The molecular weight excluding hydrogens is 329 g/mol. The van der Waals surface area contributed by atoms with Crippen molar-refractivity contribution in [2.24, 2.45) is 5.92 Å². The average Bonchev–Trinajstić information content (AvgIpc) is 2.97. The van der Waals surface area contributed by atoms with Crippen LogP contribution in [0.15, 0.2) is 11.0 Å². The third-order valence-corrected chi connectivity index (χ3v) is 3.98. The summed E-state index contributed by atoms with van der Waals surface area (Å²) in [6, 6.07) is 0. The summed E-state index contributed by atoms with van der Waals surface area (Å²) in [5.74, 6) is -0.866. The maximum Gasteiger partial charge on any atom is 0.412 e. The first-order chi connectivity index (χ1) is 10.9. The lowest BCUT2D eigenvalue weighted by molar-refractivity contribution is -0.00677. The number of ether oxygens (including phenoxy) is 2. The van der Waals surface area contributed by atoms with Crippen molar-refractivity contribution in [2.75, 3.05) is 24.3 Å². The predicted octanol–water partition coefficient (Wildman–Crippen LogP) is 1.17. The molecule has 2 atom stereocenters. The van der Waals surface area contributed by atoms with Gasteiger partial charge in [0, 0.05) is 5.75 Å². The number of aliphatic hydroxyl groups is 1. The molecule has 10 heteroatoms. The number of hydrogen-bond acceptors (Lipinski definition) is 7. The van der Waals surface area contributed by atoms with E-state index in [1.54, 1.807) is 0 Å². The molecule has 0 radical (unpaired) electrons. The molecule has 0 unspecified atom stereocenters. The van der Waals surface area contributed by atoms with Crippen molar-refractivity contribution in [3.8, 4) is 0 Å². The lowest BCUT2D eigenvalue weighted by Gasteiger charge is -2.14. The van der Waals surface area contributed by atoms with E-state index in [1.165, 1.54) is 11.8 Å². The van der Waals surface area contributed by atoms with Crippen LogP contribution in [0.2, 0.25) is 0 Å². The van der Waals surface area contributed by atoms with Crippen molar-refractivity contribution in [3.05, 3.63) is 22.5 Å². The van der Waals surface area contributed by atoms with Gasteiger partial charge in [-0.15, -0.1) is 11.8 Å². The molecule has 0 saturated carbocycles. The smallest absolute Gasteiger partial charge is 0.412 e. The summed E-state index contributed by atoms with van der Waals surface area (Å²) < 4.78 is 25.2. The minimum Gasteiger partial charge on any atom is -0.449 e. The lowest BCUT2D eigenvalue weighted by atomic mass is 10.2. The number of thioether (sulfide) groups is 1. The number of nitrogens with zero attached hydrogens (tertiary/aromatic N) is 2. The topological polar surface area (TPSA) is 103 Å². The molecule has 1 aliphatic rings. The SMILES string of the molecule is CC(C)COC(=O)Nc1nc(=O)n([C@H]2CS[C@@H](CO)O2)cc1F. The second kappa shape index (κ2) is 7.75. The van der Waals surface area contributed by atoms with Gasteiger partial charge in [0.05, 0.1) is 19.4 Å². The number of rotatable bonds is 5. The molecule has 1 aromatic heterocycles. The molecule has 0 aromatic carbocycles. The summed E-state index contributed by atoms with van der Waals surface area (Å²) in [5, 5.41) is 11.1. The van der Waals surface area contributed by atoms with Crippen LogP contribution < -0.4 is 11.0 Å². The molecule has 2 N–H and O–H groups in total. The molecule has 1 amide bonds. The van der Waals surface area contributed by atoms with E-state index in [1.807, 2.05) is 13.8 Å². The molecular formula is C13H18FN3O5S. The highest BCUT2D eigenvalue weighted by atomic mass is 32.2. The largest absolute Gasteiger partial charge is 0.449 e. The van der Waals surface area contributed by atoms with E-state index < -0.39 is 35.1 Å². The zero-order valence-corrected chi connectivity index (χ0v) is 13.5. The number of aromatic nitrogens is 2. The highest BCUT2D eigenvalue weighted by Crippen LogP contribution is 2.30. The van der Waals surface area contributed by atoms with E-state index in [9.17, 15) is 14.0 Å². The molecule has 1 fully saturated rings. The summed E-state index contributed by atoms with van der Waals surface area (Å²) in [6.07, 6.45) is -0.679. The van der Waals surface area contributed by atoms with Crippen LogP contribution in [0.5, 0.6) is 0 Å². The molecule has 1 aliphatic heterocycles. The van der Waals surface area contributed by atoms with Crippen LogP contribution in [0.1, 0.15) is 20.1 Å². The van der Waals surface area contributed by atoms with Gasteiger partial charge in [0.1, 0.15) is 11.7 Å². The number of amides is 1. The van der Waals surface area contributed by atoms with Gasteiger partial charge < -0.3 is 14.6 Å². The minimum atomic E-state index is -0.882. The van der Waals surface area contributed by atoms with Gasteiger partial charge in [-0.1, -0.05) is 13.8 Å². The standard InChI is InChI=1S/C13H18FN3O5S/c1-7(2)5-21-13(20)16-11-8(14)3-17(12(19)15-11)9-6-23-10(4-18)22-9/h3,7,9-10,18H,4-6H2,1-2H3,(H,15,16,19,20)/t9-,10+/m1/s1. The molecule has 2 rings (SSSR count). The zero-order chi connectivity index (χ0) is 17.0. The molecule has 1 aromatic rings. The fourth-order valence-electron chi connectivity index (χ4n) is 1.80. The third kappa shape index (κ3) is 4.66. The van der Waals surface area contributed by atoms with Gasteiger partial charge in [-0.25, -0.2) is 14.0 Å². The monoisotopic (exact) mass is 347 g/mol. The Balaban J connectivity index is 2.08. The van der Waals surface area contributed by atoms with E-state index in [2.05, 4.69) is 10.3 Å². The Morgan fingerprint density at radius 2 is 2.43 bits per heavy atom. The van der Waals surface area contributed by atoms with E-state index in [0.717, 1.165) is 10.8 Å². The highest BCUT2D eigenvalue weighted by molar-refractivity contribution is 8.00. The van der Waals surface area contributed by atoms with Crippen molar-refractivity contribution in [3.63, 3.8) is 0 Å². The van der Waals surface area contributed by atoms with Crippen molar-refractivity contribution in [2.45, 2.75) is 25.5 Å². The van der Waals surface area contributed by atoms with Crippen molar-refractivity contribution < 1.29 is 23.8 Å². The predicted molar refractivity (Wildman–Crippen MR) is 81.7 cm³/mol. The summed E-state index contributed by atoms with van der Waals surface area (Å²) in [5.41, 5.74) is -1.23. The molecule has 0 aliphatic carbocycles. The molecule has 8 nitrogen and oxygen atoms in total. The van der Waals surface area contributed by atoms with Gasteiger partial charge >= 0.3 is 11.8 Å². The number of halogens is 1. The first kappa shape index (κ1) is 17.7. The number of aliphatic hydroxyl groups excluding tert-OH is 1. The first-order valence-electron chi connectivity index (χ1n) is 7.01. The van der Waals surface area contributed by atoms with E-state index >= 15 is 0 Å². The molecule has 1 saturated heterocycles. The van der Waals surface area contributed by atoms with Crippen LogP contribution in [0.4, 0.5) is 15.0 Å². The van der Waals surface area contributed by atoms with Gasteiger partial charge in [0.2, 0.25) is 0 Å². The maximum atomic E-state index is 14.0. The second-order valence-corrected chi connectivity index (χ2v) is 6.47. The van der Waals surface area contributed by atoms with Gasteiger partial charge in [-0.2, -0.15) is 4.98 Å². The minimum absolute atomic E-state index is 0.128. The fourth-order valence-corrected chi connectivity index (χ4v) is 2.73. The Morgan fingerprint density at radius 3 is 3.04 bits per heavy atom. The zero-order valence-electron chi connectivity index (χ0n) is 12.7. The van der Waals surface area contributed by atoms with Crippen LogP contribution in [-0.2, 0) is 9.47 Å². The molecule has 0 bridgehead atoms. The summed E-state index contributed by atoms with van der Waals surface area (Å²) in [6.45, 7) is 3.67. The Labute approximate surface area is 136 Å². The number of carbonyl (C=O) groups excluding carboxylic acids is 1. The number of nitrogens with one attached hydrogen (secondary N) is 1. The van der Waals surface area contributed by atoms with E-state index in [-0.39, 0.29) is 19.1 Å². The van der Waals surface area contributed by atoms with Crippen LogP contribution in [0.25, 0.3) is 0 Å². The van der Waals surface area contributed by atoms with Crippen molar-refractivity contribution >= 4 is 23.7 Å².